The third-order valence-electron chi connectivity index (χ3n) is 3.74. The minimum absolute atomic E-state index is 0.0388. The summed E-state index contributed by atoms with van der Waals surface area (Å²) in [7, 11) is 0. The van der Waals surface area contributed by atoms with E-state index in [1.165, 1.54) is 12.1 Å². The summed E-state index contributed by atoms with van der Waals surface area (Å²) in [6.45, 7) is 2.88. The van der Waals surface area contributed by atoms with Gasteiger partial charge in [-0.05, 0) is 43.5 Å². The van der Waals surface area contributed by atoms with Gasteiger partial charge >= 0.3 is 0 Å². The molecule has 1 aliphatic rings. The molecule has 2 rings (SSSR count). The van der Waals surface area contributed by atoms with Crippen LogP contribution < -0.4 is 5.32 Å². The first-order valence-corrected chi connectivity index (χ1v) is 6.79. The summed E-state index contributed by atoms with van der Waals surface area (Å²) < 4.78 is 26.3. The molecule has 19 heavy (non-hydrogen) atoms. The van der Waals surface area contributed by atoms with Gasteiger partial charge in [-0.25, -0.2) is 8.78 Å². The highest BCUT2D eigenvalue weighted by molar-refractivity contribution is 5.90. The van der Waals surface area contributed by atoms with Crippen molar-refractivity contribution in [1.29, 1.82) is 0 Å². The van der Waals surface area contributed by atoms with Crippen molar-refractivity contribution in [3.05, 3.63) is 35.4 Å². The Bertz CT molecular complexity index is 447. The highest BCUT2D eigenvalue weighted by Crippen LogP contribution is 2.27. The van der Waals surface area contributed by atoms with Gasteiger partial charge in [0.25, 0.3) is 0 Å². The topological polar surface area (TPSA) is 29.1 Å². The zero-order valence-corrected chi connectivity index (χ0v) is 11.1. The first-order valence-electron chi connectivity index (χ1n) is 6.79. The van der Waals surface area contributed by atoms with Crippen LogP contribution in [0.1, 0.15) is 38.2 Å². The average molecular weight is 267 g/mol. The number of carbonyl (C=O) groups excluding carboxylic acids is 1. The van der Waals surface area contributed by atoms with Gasteiger partial charge in [-0.2, -0.15) is 0 Å². The average Bonchev–Trinajstić information content (AvgIpc) is 2.78. The maximum Gasteiger partial charge on any atom is 0.157 e. The molecule has 104 valence electrons. The van der Waals surface area contributed by atoms with Crippen LogP contribution in [0.4, 0.5) is 8.78 Å². The number of benzene rings is 1. The molecule has 0 amide bonds. The molecule has 0 radical (unpaired) electrons. The zero-order chi connectivity index (χ0) is 13.9. The fourth-order valence-corrected chi connectivity index (χ4v) is 2.89. The Morgan fingerprint density at radius 3 is 2.53 bits per heavy atom. The van der Waals surface area contributed by atoms with Crippen LogP contribution >= 0.6 is 0 Å². The van der Waals surface area contributed by atoms with Crippen molar-refractivity contribution in [1.82, 2.24) is 5.32 Å². The van der Waals surface area contributed by atoms with Crippen molar-refractivity contribution < 1.29 is 13.6 Å². The van der Waals surface area contributed by atoms with Gasteiger partial charge in [0.2, 0.25) is 0 Å². The molecule has 1 saturated heterocycles. The van der Waals surface area contributed by atoms with Gasteiger partial charge in [0.05, 0.1) is 5.54 Å². The Labute approximate surface area is 112 Å². The molecule has 1 aromatic carbocycles. The van der Waals surface area contributed by atoms with E-state index in [1.54, 1.807) is 0 Å². The maximum atomic E-state index is 13.1. The predicted octanol–water partition coefficient (Wildman–Crippen LogP) is 3.00. The van der Waals surface area contributed by atoms with Gasteiger partial charge in [0.15, 0.2) is 5.78 Å². The molecule has 0 bridgehead atoms. The summed E-state index contributed by atoms with van der Waals surface area (Å²) in [5, 5.41) is 3.28. The van der Waals surface area contributed by atoms with Crippen LogP contribution in [0.3, 0.4) is 0 Å². The number of ketones is 1. The molecule has 1 aromatic rings. The summed E-state index contributed by atoms with van der Waals surface area (Å²) in [6, 6.07) is 3.29. The van der Waals surface area contributed by atoms with Crippen LogP contribution in [-0.4, -0.2) is 17.9 Å². The second kappa shape index (κ2) is 5.78. The molecule has 0 aromatic heterocycles. The standard InChI is InChI=1S/C15H19F2NO/c1-2-4-15(5-3-6-18-15)14(19)9-11-7-12(16)10-13(17)8-11/h7-8,10,18H,2-6,9H2,1H3. The van der Waals surface area contributed by atoms with E-state index in [0.29, 0.717) is 5.56 Å². The lowest BCUT2D eigenvalue weighted by Crippen LogP contribution is -2.48. The van der Waals surface area contributed by atoms with Gasteiger partial charge in [-0.1, -0.05) is 13.3 Å². The summed E-state index contributed by atoms with van der Waals surface area (Å²) in [6.07, 6.45) is 3.57. The van der Waals surface area contributed by atoms with Crippen molar-refractivity contribution in [2.45, 2.75) is 44.6 Å². The third kappa shape index (κ3) is 3.18. The van der Waals surface area contributed by atoms with Crippen molar-refractivity contribution in [3.8, 4) is 0 Å². The van der Waals surface area contributed by atoms with Crippen LogP contribution in [0.15, 0.2) is 18.2 Å². The molecule has 1 N–H and O–H groups in total. The van der Waals surface area contributed by atoms with Gasteiger partial charge in [0.1, 0.15) is 11.6 Å². The molecule has 1 heterocycles. The van der Waals surface area contributed by atoms with Crippen molar-refractivity contribution in [2.75, 3.05) is 6.54 Å². The molecule has 1 unspecified atom stereocenters. The first kappa shape index (κ1) is 14.1. The maximum absolute atomic E-state index is 13.1. The monoisotopic (exact) mass is 267 g/mol. The molecule has 0 spiro atoms. The van der Waals surface area contributed by atoms with E-state index < -0.39 is 17.2 Å². The number of Topliss-reactive ketones (excluding diaryl/α,β-unsaturated/α-hetero) is 1. The molecular formula is C15H19F2NO. The molecule has 1 fully saturated rings. The Morgan fingerprint density at radius 1 is 1.32 bits per heavy atom. The zero-order valence-electron chi connectivity index (χ0n) is 11.1. The lowest BCUT2D eigenvalue weighted by molar-refractivity contribution is -0.124. The second-order valence-corrected chi connectivity index (χ2v) is 5.24. The highest BCUT2D eigenvalue weighted by Gasteiger charge is 2.39. The van der Waals surface area contributed by atoms with E-state index in [0.717, 1.165) is 38.3 Å². The predicted molar refractivity (Wildman–Crippen MR) is 69.9 cm³/mol. The van der Waals surface area contributed by atoms with E-state index in [4.69, 9.17) is 0 Å². The fourth-order valence-electron chi connectivity index (χ4n) is 2.89. The van der Waals surface area contributed by atoms with E-state index in [2.05, 4.69) is 5.32 Å². The van der Waals surface area contributed by atoms with Crippen molar-refractivity contribution in [3.63, 3.8) is 0 Å². The molecule has 4 heteroatoms. The minimum Gasteiger partial charge on any atom is -0.305 e. The van der Waals surface area contributed by atoms with Gasteiger partial charge in [0, 0.05) is 12.5 Å². The van der Waals surface area contributed by atoms with Gasteiger partial charge in [-0.15, -0.1) is 0 Å². The SMILES string of the molecule is CCCC1(C(=O)Cc2cc(F)cc(F)c2)CCCN1. The van der Waals surface area contributed by atoms with Crippen LogP contribution in [0, 0.1) is 11.6 Å². The molecule has 0 saturated carbocycles. The number of hydrogen-bond donors (Lipinski definition) is 1. The molecule has 2 nitrogen and oxygen atoms in total. The Hall–Kier alpha value is -1.29. The number of halogens is 2. The molecular weight excluding hydrogens is 248 g/mol. The highest BCUT2D eigenvalue weighted by atomic mass is 19.1. The quantitative estimate of drug-likeness (QED) is 0.888. The number of carbonyl (C=O) groups is 1. The van der Waals surface area contributed by atoms with Crippen LogP contribution in [0.2, 0.25) is 0 Å². The largest absolute Gasteiger partial charge is 0.305 e. The number of nitrogens with one attached hydrogen (secondary N) is 1. The Kier molecular flexibility index (Phi) is 4.30. The molecule has 0 aliphatic carbocycles. The van der Waals surface area contributed by atoms with Crippen LogP contribution in [-0.2, 0) is 11.2 Å². The lowest BCUT2D eigenvalue weighted by atomic mass is 9.84. The van der Waals surface area contributed by atoms with Gasteiger partial charge < -0.3 is 5.32 Å². The summed E-state index contributed by atoms with van der Waals surface area (Å²) in [5.41, 5.74) is -0.0796. The Morgan fingerprint density at radius 2 is 2.00 bits per heavy atom. The van der Waals surface area contributed by atoms with Gasteiger partial charge in [-0.3, -0.25) is 4.79 Å². The van der Waals surface area contributed by atoms with E-state index >= 15 is 0 Å². The summed E-state index contributed by atoms with van der Waals surface area (Å²) in [4.78, 5) is 12.4. The minimum atomic E-state index is -0.633. The van der Waals surface area contributed by atoms with Crippen molar-refractivity contribution in [2.24, 2.45) is 0 Å². The summed E-state index contributed by atoms with van der Waals surface area (Å²) in [5.74, 6) is -1.23. The normalized spacial score (nSPS) is 22.7. The van der Waals surface area contributed by atoms with E-state index in [9.17, 15) is 13.6 Å². The third-order valence-corrected chi connectivity index (χ3v) is 3.74. The van der Waals surface area contributed by atoms with Crippen LogP contribution in [0.5, 0.6) is 0 Å². The lowest BCUT2D eigenvalue weighted by Gasteiger charge is -2.27. The summed E-state index contributed by atoms with van der Waals surface area (Å²) >= 11 is 0. The number of rotatable bonds is 5. The Balaban J connectivity index is 2.14. The fraction of sp³-hybridized carbons (Fsp3) is 0.533. The first-order chi connectivity index (χ1) is 9.05. The van der Waals surface area contributed by atoms with Crippen LogP contribution in [0.25, 0.3) is 0 Å². The molecule has 1 aliphatic heterocycles. The smallest absolute Gasteiger partial charge is 0.157 e. The van der Waals surface area contributed by atoms with E-state index in [-0.39, 0.29) is 12.2 Å². The van der Waals surface area contributed by atoms with E-state index in [1.807, 2.05) is 6.92 Å². The molecule has 1 atom stereocenters. The van der Waals surface area contributed by atoms with Crippen molar-refractivity contribution >= 4 is 5.78 Å². The number of hydrogen-bond acceptors (Lipinski definition) is 2. The second-order valence-electron chi connectivity index (χ2n) is 5.24.